The lowest BCUT2D eigenvalue weighted by atomic mass is 9.97. The minimum atomic E-state index is 0.902. The number of fused-ring (bicyclic) bond motifs is 3. The lowest BCUT2D eigenvalue weighted by Crippen LogP contribution is -1.94. The molecule has 6 rings (SSSR count). The molecule has 0 aliphatic heterocycles. The van der Waals surface area contributed by atoms with E-state index in [9.17, 15) is 0 Å². The molecule has 0 aliphatic carbocycles. The van der Waals surface area contributed by atoms with Crippen molar-refractivity contribution in [2.45, 2.75) is 0 Å². The van der Waals surface area contributed by atoms with Crippen LogP contribution in [0.15, 0.2) is 126 Å². The third kappa shape index (κ3) is 3.32. The van der Waals surface area contributed by atoms with E-state index in [4.69, 9.17) is 4.42 Å². The molecule has 0 amide bonds. The normalized spacial score (nSPS) is 11.1. The Morgan fingerprint density at radius 1 is 0.469 bits per heavy atom. The molecule has 0 bridgehead atoms. The van der Waals surface area contributed by atoms with Gasteiger partial charge in [0.05, 0.1) is 0 Å². The average molecular weight is 412 g/mol. The van der Waals surface area contributed by atoms with E-state index in [2.05, 4.69) is 96.3 Å². The first kappa shape index (κ1) is 18.5. The lowest BCUT2D eigenvalue weighted by molar-refractivity contribution is 0.669. The Morgan fingerprint density at radius 2 is 1.16 bits per heavy atom. The summed E-state index contributed by atoms with van der Waals surface area (Å²) in [5, 5.41) is 5.91. The number of benzene rings is 5. The fourth-order valence-electron chi connectivity index (χ4n) is 4.28. The Hall–Kier alpha value is -4.30. The van der Waals surface area contributed by atoms with Gasteiger partial charge in [-0.15, -0.1) is 0 Å². The summed E-state index contributed by atoms with van der Waals surface area (Å²) in [6, 6.07) is 42.1. The zero-order valence-corrected chi connectivity index (χ0v) is 17.5. The van der Waals surface area contributed by atoms with Gasteiger partial charge < -0.3 is 9.73 Å². The van der Waals surface area contributed by atoms with Gasteiger partial charge in [0, 0.05) is 27.7 Å². The van der Waals surface area contributed by atoms with Gasteiger partial charge >= 0.3 is 0 Å². The van der Waals surface area contributed by atoms with Gasteiger partial charge in [0.2, 0.25) is 0 Å². The highest BCUT2D eigenvalue weighted by Gasteiger charge is 2.11. The van der Waals surface area contributed by atoms with Crippen LogP contribution in [0.1, 0.15) is 0 Å². The summed E-state index contributed by atoms with van der Waals surface area (Å²) < 4.78 is 5.99. The van der Waals surface area contributed by atoms with Crippen molar-refractivity contribution in [3.05, 3.63) is 121 Å². The molecule has 32 heavy (non-hydrogen) atoms. The van der Waals surface area contributed by atoms with Crippen LogP contribution in [0.2, 0.25) is 0 Å². The number of hydrogen-bond donors (Lipinski definition) is 1. The summed E-state index contributed by atoms with van der Waals surface area (Å²) in [5.74, 6) is 0. The Labute approximate surface area is 186 Å². The second-order valence-electron chi connectivity index (χ2n) is 7.93. The molecular weight excluding hydrogens is 390 g/mol. The topological polar surface area (TPSA) is 25.2 Å². The number of hydrogen-bond acceptors (Lipinski definition) is 2. The zero-order valence-electron chi connectivity index (χ0n) is 17.5. The zero-order chi connectivity index (χ0) is 21.3. The van der Waals surface area contributed by atoms with Crippen molar-refractivity contribution in [3.63, 3.8) is 0 Å². The van der Waals surface area contributed by atoms with Crippen LogP contribution >= 0.6 is 0 Å². The van der Waals surface area contributed by atoms with Gasteiger partial charge in [-0.3, -0.25) is 0 Å². The molecule has 0 aliphatic rings. The molecular formula is C30H21NO. The van der Waals surface area contributed by atoms with E-state index in [1.807, 2.05) is 30.3 Å². The summed E-state index contributed by atoms with van der Waals surface area (Å²) in [7, 11) is 0. The number of rotatable bonds is 4. The number of nitrogens with one attached hydrogen (secondary N) is 1. The summed E-state index contributed by atoms with van der Waals surface area (Å²) in [6.45, 7) is 0. The van der Waals surface area contributed by atoms with E-state index in [1.165, 1.54) is 22.3 Å². The van der Waals surface area contributed by atoms with Crippen LogP contribution in [0.4, 0.5) is 11.4 Å². The summed E-state index contributed by atoms with van der Waals surface area (Å²) in [6.07, 6.45) is 0. The van der Waals surface area contributed by atoms with Crippen LogP contribution in [-0.2, 0) is 0 Å². The lowest BCUT2D eigenvalue weighted by Gasteiger charge is -2.15. The maximum Gasteiger partial charge on any atom is 0.135 e. The van der Waals surface area contributed by atoms with Crippen LogP contribution in [-0.4, -0.2) is 0 Å². The fourth-order valence-corrected chi connectivity index (χ4v) is 4.28. The third-order valence-corrected chi connectivity index (χ3v) is 5.87. The minimum absolute atomic E-state index is 0.902. The Bertz CT molecular complexity index is 1530. The largest absolute Gasteiger partial charge is 0.456 e. The van der Waals surface area contributed by atoms with Gasteiger partial charge in [-0.05, 0) is 53.1 Å². The molecule has 1 N–H and O–H groups in total. The highest BCUT2D eigenvalue weighted by Crippen LogP contribution is 2.36. The average Bonchev–Trinajstić information content (AvgIpc) is 3.23. The molecule has 1 heterocycles. The van der Waals surface area contributed by atoms with Crippen LogP contribution < -0.4 is 5.32 Å². The van der Waals surface area contributed by atoms with Crippen molar-refractivity contribution in [3.8, 4) is 22.3 Å². The molecule has 0 fully saturated rings. The van der Waals surface area contributed by atoms with Crippen molar-refractivity contribution in [2.24, 2.45) is 0 Å². The Morgan fingerprint density at radius 3 is 1.97 bits per heavy atom. The second kappa shape index (κ2) is 7.75. The van der Waals surface area contributed by atoms with Crippen LogP contribution in [0, 0.1) is 0 Å². The standard InChI is InChI=1S/C30H21NO/c1-3-9-21(10-4-1)23-15-17-28(26(19-23)22-11-5-2-6-12-22)31-24-16-18-30-27(20-24)25-13-7-8-14-29(25)32-30/h1-20,31H. The monoisotopic (exact) mass is 411 g/mol. The molecule has 0 unspecified atom stereocenters. The van der Waals surface area contributed by atoms with E-state index >= 15 is 0 Å². The van der Waals surface area contributed by atoms with Crippen LogP contribution in [0.5, 0.6) is 0 Å². The maximum atomic E-state index is 5.99. The molecule has 2 heteroatoms. The smallest absolute Gasteiger partial charge is 0.135 e. The highest BCUT2D eigenvalue weighted by atomic mass is 16.3. The molecule has 152 valence electrons. The Balaban J connectivity index is 1.45. The predicted molar refractivity (Wildman–Crippen MR) is 134 cm³/mol. The van der Waals surface area contributed by atoms with Gasteiger partial charge in [0.15, 0.2) is 0 Å². The fraction of sp³-hybridized carbons (Fsp3) is 0. The van der Waals surface area contributed by atoms with Crippen molar-refractivity contribution in [2.75, 3.05) is 5.32 Å². The van der Waals surface area contributed by atoms with Gasteiger partial charge in [-0.2, -0.15) is 0 Å². The molecule has 1 aromatic heterocycles. The van der Waals surface area contributed by atoms with E-state index in [-0.39, 0.29) is 0 Å². The summed E-state index contributed by atoms with van der Waals surface area (Å²) in [5.41, 5.74) is 8.69. The molecule has 0 saturated carbocycles. The first-order chi connectivity index (χ1) is 15.8. The number of furan rings is 1. The molecule has 2 nitrogen and oxygen atoms in total. The molecule has 0 spiro atoms. The first-order valence-electron chi connectivity index (χ1n) is 10.8. The predicted octanol–water partition coefficient (Wildman–Crippen LogP) is 8.66. The number of para-hydroxylation sites is 1. The van der Waals surface area contributed by atoms with Crippen molar-refractivity contribution in [1.29, 1.82) is 0 Å². The third-order valence-electron chi connectivity index (χ3n) is 5.87. The Kier molecular flexibility index (Phi) is 4.47. The quantitative estimate of drug-likeness (QED) is 0.314. The van der Waals surface area contributed by atoms with Crippen LogP contribution in [0.3, 0.4) is 0 Å². The second-order valence-corrected chi connectivity index (χ2v) is 7.93. The summed E-state index contributed by atoms with van der Waals surface area (Å²) in [4.78, 5) is 0. The molecule has 6 aromatic rings. The van der Waals surface area contributed by atoms with Crippen molar-refractivity contribution in [1.82, 2.24) is 0 Å². The van der Waals surface area contributed by atoms with E-state index in [0.717, 1.165) is 33.3 Å². The van der Waals surface area contributed by atoms with Gasteiger partial charge in [0.25, 0.3) is 0 Å². The SMILES string of the molecule is c1ccc(-c2ccc(Nc3ccc4oc5ccccc5c4c3)c(-c3ccccc3)c2)cc1. The van der Waals surface area contributed by atoms with Crippen molar-refractivity contribution < 1.29 is 4.42 Å². The maximum absolute atomic E-state index is 5.99. The van der Waals surface area contributed by atoms with E-state index < -0.39 is 0 Å². The minimum Gasteiger partial charge on any atom is -0.456 e. The molecule has 0 saturated heterocycles. The van der Waals surface area contributed by atoms with E-state index in [0.29, 0.717) is 0 Å². The van der Waals surface area contributed by atoms with Crippen LogP contribution in [0.25, 0.3) is 44.2 Å². The highest BCUT2D eigenvalue weighted by molar-refractivity contribution is 6.06. The molecule has 5 aromatic carbocycles. The molecule has 0 radical (unpaired) electrons. The van der Waals surface area contributed by atoms with Gasteiger partial charge in [-0.1, -0.05) is 84.9 Å². The van der Waals surface area contributed by atoms with Gasteiger partial charge in [-0.25, -0.2) is 0 Å². The van der Waals surface area contributed by atoms with E-state index in [1.54, 1.807) is 0 Å². The first-order valence-corrected chi connectivity index (χ1v) is 10.8. The summed E-state index contributed by atoms with van der Waals surface area (Å²) >= 11 is 0. The van der Waals surface area contributed by atoms with Crippen molar-refractivity contribution >= 4 is 33.3 Å². The van der Waals surface area contributed by atoms with Gasteiger partial charge in [0.1, 0.15) is 11.2 Å². The molecule has 0 atom stereocenters. The number of anilines is 2.